The Labute approximate surface area is 223 Å². The zero-order chi connectivity index (χ0) is 26.5. The molecule has 0 bridgehead atoms. The Morgan fingerprint density at radius 2 is 1.08 bits per heavy atom. The summed E-state index contributed by atoms with van der Waals surface area (Å²) >= 11 is 0. The Hall–Kier alpha value is -1.22. The molecule has 0 aliphatic carbocycles. The molecule has 206 valence electrons. The van der Waals surface area contributed by atoms with Crippen LogP contribution in [0.1, 0.15) is 97.5 Å². The SMILES string of the molecule is CCCCCCOS(=O)(=O)c1ccccc1.CCCC[PH](CCCC)(CCCC)Cc1ccccc1. The van der Waals surface area contributed by atoms with Crippen LogP contribution in [-0.4, -0.2) is 33.5 Å². The number of hydrogen-bond donors (Lipinski definition) is 0. The predicted molar refractivity (Wildman–Crippen MR) is 162 cm³/mol. The summed E-state index contributed by atoms with van der Waals surface area (Å²) in [6.07, 6.45) is 18.6. The molecule has 2 rings (SSSR count). The van der Waals surface area contributed by atoms with Crippen molar-refractivity contribution < 1.29 is 12.6 Å². The monoisotopic (exact) mass is 536 g/mol. The van der Waals surface area contributed by atoms with Gasteiger partial charge in [-0.1, -0.05) is 44.4 Å². The van der Waals surface area contributed by atoms with Crippen LogP contribution in [0.4, 0.5) is 0 Å². The first-order valence-corrected chi connectivity index (χ1v) is 18.6. The molecule has 5 heteroatoms. The Balaban J connectivity index is 0.000000369. The van der Waals surface area contributed by atoms with Crippen molar-refractivity contribution in [2.24, 2.45) is 0 Å². The van der Waals surface area contributed by atoms with E-state index in [0.29, 0.717) is 0 Å². The van der Waals surface area contributed by atoms with Crippen LogP contribution in [-0.2, 0) is 20.5 Å². The molecule has 3 nitrogen and oxygen atoms in total. The standard InChI is InChI=1S/C19H35P.C12H18O3S/c1-4-7-15-20(16-8-5-2,17-9-6-3)18-19-13-11-10-12-14-19;1-2-3-4-8-11-15-16(13,14)12-9-6-5-7-10-12/h10-14,20H,4-9,15-18H2,1-3H3;5-7,9-10H,2-4,8,11H2,1H3. The topological polar surface area (TPSA) is 43.4 Å². The summed E-state index contributed by atoms with van der Waals surface area (Å²) < 4.78 is 28.2. The normalized spacial score (nSPS) is 12.1. The fraction of sp³-hybridized carbons (Fsp3) is 0.613. The average molecular weight is 537 g/mol. The molecule has 0 atom stereocenters. The molecule has 0 fully saturated rings. The van der Waals surface area contributed by atoms with Gasteiger partial charge in [-0.05, 0) is 18.6 Å². The van der Waals surface area contributed by atoms with E-state index in [1.807, 2.05) is 0 Å². The summed E-state index contributed by atoms with van der Waals surface area (Å²) in [4.78, 5) is 0.227. The van der Waals surface area contributed by atoms with Crippen molar-refractivity contribution in [3.63, 3.8) is 0 Å². The second-order valence-corrected chi connectivity index (χ2v) is 16.6. The van der Waals surface area contributed by atoms with Crippen LogP contribution in [0.5, 0.6) is 0 Å². The number of hydrogen-bond acceptors (Lipinski definition) is 3. The van der Waals surface area contributed by atoms with Crippen molar-refractivity contribution >= 4 is 17.4 Å². The second-order valence-electron chi connectivity index (χ2n) is 10.1. The van der Waals surface area contributed by atoms with E-state index in [4.69, 9.17) is 4.18 Å². The van der Waals surface area contributed by atoms with Crippen molar-refractivity contribution in [2.75, 3.05) is 25.1 Å². The van der Waals surface area contributed by atoms with Gasteiger partial charge >= 0.3 is 127 Å². The van der Waals surface area contributed by atoms with Gasteiger partial charge in [-0.3, -0.25) is 4.18 Å². The molecule has 0 aliphatic heterocycles. The summed E-state index contributed by atoms with van der Waals surface area (Å²) in [7, 11) is -4.65. The minimum atomic E-state index is -3.55. The van der Waals surface area contributed by atoms with Crippen molar-refractivity contribution in [1.82, 2.24) is 0 Å². The average Bonchev–Trinajstić information content (AvgIpc) is 2.91. The van der Waals surface area contributed by atoms with E-state index in [0.717, 1.165) is 25.7 Å². The molecule has 0 amide bonds. The first-order valence-electron chi connectivity index (χ1n) is 14.4. The molecule has 2 aromatic rings. The van der Waals surface area contributed by atoms with Crippen LogP contribution in [0.3, 0.4) is 0 Å². The van der Waals surface area contributed by atoms with Crippen molar-refractivity contribution in [2.45, 2.75) is 103 Å². The van der Waals surface area contributed by atoms with E-state index in [2.05, 4.69) is 58.0 Å². The van der Waals surface area contributed by atoms with E-state index in [9.17, 15) is 8.42 Å². The van der Waals surface area contributed by atoms with Gasteiger partial charge in [0, 0.05) is 0 Å². The van der Waals surface area contributed by atoms with Gasteiger partial charge in [-0.25, -0.2) is 0 Å². The molecule has 0 aromatic heterocycles. The van der Waals surface area contributed by atoms with E-state index < -0.39 is 17.4 Å². The zero-order valence-electron chi connectivity index (χ0n) is 23.5. The maximum absolute atomic E-state index is 11.6. The van der Waals surface area contributed by atoms with E-state index in [-0.39, 0.29) is 11.5 Å². The molecular weight excluding hydrogens is 483 g/mol. The first-order chi connectivity index (χ1) is 17.4. The van der Waals surface area contributed by atoms with Crippen molar-refractivity contribution in [3.05, 3.63) is 66.2 Å². The van der Waals surface area contributed by atoms with Gasteiger partial charge < -0.3 is 0 Å². The molecule has 0 radical (unpaired) electrons. The molecule has 0 spiro atoms. The Morgan fingerprint density at radius 1 is 0.611 bits per heavy atom. The third-order valence-corrected chi connectivity index (χ3v) is 13.6. The Bertz CT molecular complexity index is 847. The molecule has 0 heterocycles. The van der Waals surface area contributed by atoms with Crippen LogP contribution in [0.15, 0.2) is 65.6 Å². The Morgan fingerprint density at radius 3 is 1.56 bits per heavy atom. The van der Waals surface area contributed by atoms with Gasteiger partial charge in [0.2, 0.25) is 0 Å². The number of rotatable bonds is 18. The van der Waals surface area contributed by atoms with E-state index >= 15 is 0 Å². The molecule has 0 unspecified atom stereocenters. The molecule has 2 aromatic carbocycles. The fourth-order valence-corrected chi connectivity index (χ4v) is 11.3. The maximum atomic E-state index is 11.6. The third kappa shape index (κ3) is 13.9. The first kappa shape index (κ1) is 32.8. The summed E-state index contributed by atoms with van der Waals surface area (Å²) in [5.41, 5.74) is 1.60. The molecule has 0 saturated heterocycles. The fourth-order valence-electron chi connectivity index (χ4n) is 4.68. The van der Waals surface area contributed by atoms with Crippen molar-refractivity contribution in [3.8, 4) is 0 Å². The van der Waals surface area contributed by atoms with E-state index in [1.165, 1.54) is 44.7 Å². The van der Waals surface area contributed by atoms with Crippen LogP contribution in [0.25, 0.3) is 0 Å². The predicted octanol–water partition coefficient (Wildman–Crippen LogP) is 9.31. The summed E-state index contributed by atoms with van der Waals surface area (Å²) in [5, 5.41) is 0. The van der Waals surface area contributed by atoms with Gasteiger partial charge in [0.25, 0.3) is 10.1 Å². The molecule has 36 heavy (non-hydrogen) atoms. The van der Waals surface area contributed by atoms with Crippen LogP contribution in [0.2, 0.25) is 0 Å². The quantitative estimate of drug-likeness (QED) is 0.108. The summed E-state index contributed by atoms with van der Waals surface area (Å²) in [6, 6.07) is 19.5. The Kier molecular flexibility index (Phi) is 18.1. The van der Waals surface area contributed by atoms with Gasteiger partial charge in [0.1, 0.15) is 0 Å². The van der Waals surface area contributed by atoms with Crippen molar-refractivity contribution in [1.29, 1.82) is 0 Å². The minimum absolute atomic E-state index is 0.227. The van der Waals surface area contributed by atoms with Crippen LogP contribution >= 0.6 is 7.26 Å². The summed E-state index contributed by atoms with van der Waals surface area (Å²) in [6.45, 7) is 9.43. The molecule has 0 aliphatic rings. The second kappa shape index (κ2) is 19.8. The zero-order valence-corrected chi connectivity index (χ0v) is 25.3. The van der Waals surface area contributed by atoms with Gasteiger partial charge in [0.05, 0.1) is 11.5 Å². The van der Waals surface area contributed by atoms with Gasteiger partial charge in [0.15, 0.2) is 0 Å². The molecule has 0 N–H and O–H groups in total. The van der Waals surface area contributed by atoms with Gasteiger partial charge in [-0.2, -0.15) is 8.42 Å². The van der Waals surface area contributed by atoms with Crippen LogP contribution in [0, 0.1) is 0 Å². The molecular formula is C31H53O3PS. The third-order valence-electron chi connectivity index (χ3n) is 6.87. The van der Waals surface area contributed by atoms with E-state index in [1.54, 1.807) is 54.4 Å². The summed E-state index contributed by atoms with van der Waals surface area (Å²) in [5.74, 6) is 0. The number of benzene rings is 2. The van der Waals surface area contributed by atoms with Gasteiger partial charge in [-0.15, -0.1) is 0 Å². The number of unbranched alkanes of at least 4 members (excludes halogenated alkanes) is 6. The molecule has 0 saturated carbocycles. The van der Waals surface area contributed by atoms with Crippen LogP contribution < -0.4 is 0 Å².